The Balaban J connectivity index is 1.45. The third-order valence-corrected chi connectivity index (χ3v) is 10.1. The first-order valence-corrected chi connectivity index (χ1v) is 15.0. The van der Waals surface area contributed by atoms with Crippen molar-refractivity contribution in [3.63, 3.8) is 0 Å². The third kappa shape index (κ3) is 3.92. The van der Waals surface area contributed by atoms with Crippen molar-refractivity contribution in [3.8, 4) is 17.2 Å². The fourth-order valence-corrected chi connectivity index (χ4v) is 7.51. The molecular formula is C33H35FN6O3. The van der Waals surface area contributed by atoms with Crippen LogP contribution < -0.4 is 15.9 Å². The maximum absolute atomic E-state index is 14.7. The van der Waals surface area contributed by atoms with Crippen molar-refractivity contribution < 1.29 is 14.0 Å². The van der Waals surface area contributed by atoms with Gasteiger partial charge in [0.15, 0.2) is 0 Å². The molecule has 9 nitrogen and oxygen atoms in total. The van der Waals surface area contributed by atoms with Crippen molar-refractivity contribution in [2.45, 2.75) is 71.9 Å². The molecule has 1 fully saturated rings. The van der Waals surface area contributed by atoms with Gasteiger partial charge in [0, 0.05) is 37.1 Å². The number of likely N-dealkylation sites (N-methyl/N-ethyl adjacent to an activating group) is 1. The molecule has 222 valence electrons. The Morgan fingerprint density at radius 2 is 1.77 bits per heavy atom. The number of benzene rings is 2. The molecule has 2 aromatic carbocycles. The highest BCUT2D eigenvalue weighted by Gasteiger charge is 2.45. The van der Waals surface area contributed by atoms with Crippen LogP contribution in [0.5, 0.6) is 0 Å². The van der Waals surface area contributed by atoms with Crippen molar-refractivity contribution in [2.75, 3.05) is 11.9 Å². The van der Waals surface area contributed by atoms with E-state index in [0.29, 0.717) is 39.6 Å². The minimum atomic E-state index is -0.592. The van der Waals surface area contributed by atoms with Crippen LogP contribution in [0, 0.1) is 25.1 Å². The van der Waals surface area contributed by atoms with Gasteiger partial charge in [0.05, 0.1) is 28.3 Å². The molecule has 43 heavy (non-hydrogen) atoms. The zero-order valence-corrected chi connectivity index (χ0v) is 25.1. The van der Waals surface area contributed by atoms with E-state index < -0.39 is 11.7 Å². The lowest BCUT2D eigenvalue weighted by Gasteiger charge is -2.36. The molecule has 7 rings (SSSR count). The molecular weight excluding hydrogens is 547 g/mol. The molecule has 0 saturated carbocycles. The van der Waals surface area contributed by atoms with Gasteiger partial charge in [-0.1, -0.05) is 13.3 Å². The minimum absolute atomic E-state index is 0.00763. The van der Waals surface area contributed by atoms with Gasteiger partial charge in [0.1, 0.15) is 11.6 Å². The fraction of sp³-hybridized carbons (Fsp3) is 0.394. The number of aromatic nitrogens is 4. The molecule has 3 atom stereocenters. The molecule has 2 unspecified atom stereocenters. The zero-order valence-electron chi connectivity index (χ0n) is 25.1. The first-order valence-electron chi connectivity index (χ1n) is 15.0. The van der Waals surface area contributed by atoms with Gasteiger partial charge < -0.3 is 10.2 Å². The molecule has 2 aromatic heterocycles. The van der Waals surface area contributed by atoms with E-state index in [4.69, 9.17) is 5.10 Å². The average Bonchev–Trinajstić information content (AvgIpc) is 3.54. The number of imidazole rings is 1. The van der Waals surface area contributed by atoms with Crippen LogP contribution in [0.15, 0.2) is 47.5 Å². The number of aryl methyl sites for hydroxylation is 2. The molecule has 3 aliphatic heterocycles. The summed E-state index contributed by atoms with van der Waals surface area (Å²) in [6.07, 6.45) is 8.33. The molecule has 0 aliphatic carbocycles. The number of anilines is 1. The highest BCUT2D eigenvalue weighted by Crippen LogP contribution is 2.47. The normalized spacial score (nSPS) is 23.0. The zero-order chi connectivity index (χ0) is 30.4. The largest absolute Gasteiger partial charge is 0.338 e. The van der Waals surface area contributed by atoms with Crippen molar-refractivity contribution >= 4 is 17.4 Å². The number of halogens is 1. The van der Waals surface area contributed by atoms with Crippen LogP contribution in [0.4, 0.5) is 10.1 Å². The van der Waals surface area contributed by atoms with Crippen LogP contribution in [0.2, 0.25) is 0 Å². The Bertz CT molecular complexity index is 1880. The first-order chi connectivity index (χ1) is 20.5. The lowest BCUT2D eigenvalue weighted by atomic mass is 9.71. The summed E-state index contributed by atoms with van der Waals surface area (Å²) in [6.45, 7) is 7.99. The number of rotatable bonds is 4. The van der Waals surface area contributed by atoms with Gasteiger partial charge in [-0.05, 0) is 93.3 Å². The van der Waals surface area contributed by atoms with E-state index in [0.717, 1.165) is 43.4 Å². The van der Waals surface area contributed by atoms with Gasteiger partial charge in [0.25, 0.3) is 11.7 Å². The van der Waals surface area contributed by atoms with Gasteiger partial charge in [-0.15, -0.1) is 0 Å². The van der Waals surface area contributed by atoms with E-state index >= 15 is 0 Å². The van der Waals surface area contributed by atoms with Crippen molar-refractivity contribution in [2.24, 2.45) is 5.41 Å². The van der Waals surface area contributed by atoms with Crippen LogP contribution >= 0.6 is 0 Å². The molecule has 10 heteroatoms. The second kappa shape index (κ2) is 9.60. The van der Waals surface area contributed by atoms with E-state index in [1.165, 1.54) is 9.47 Å². The highest BCUT2D eigenvalue weighted by molar-refractivity contribution is 6.52. The summed E-state index contributed by atoms with van der Waals surface area (Å²) < 4.78 is 19.7. The number of amides is 1. The lowest BCUT2D eigenvalue weighted by Crippen LogP contribution is -2.42. The predicted octanol–water partition coefficient (Wildman–Crippen LogP) is 4.88. The summed E-state index contributed by atoms with van der Waals surface area (Å²) in [6, 6.07) is 8.81. The van der Waals surface area contributed by atoms with E-state index in [1.54, 1.807) is 72.9 Å². The molecule has 1 saturated heterocycles. The van der Waals surface area contributed by atoms with Crippen molar-refractivity contribution in [1.29, 1.82) is 0 Å². The maximum Gasteiger partial charge on any atom is 0.338 e. The smallest absolute Gasteiger partial charge is 0.308 e. The molecule has 4 aromatic rings. The Morgan fingerprint density at radius 1 is 1.05 bits per heavy atom. The summed E-state index contributed by atoms with van der Waals surface area (Å²) in [5, 5.41) is 9.07. The summed E-state index contributed by atoms with van der Waals surface area (Å²) in [5.74, 6) is -0.753. The first kappa shape index (κ1) is 27.5. The molecule has 3 aliphatic rings. The van der Waals surface area contributed by atoms with Crippen LogP contribution in [0.25, 0.3) is 17.2 Å². The molecule has 2 bridgehead atoms. The van der Waals surface area contributed by atoms with E-state index in [2.05, 4.69) is 19.2 Å². The maximum atomic E-state index is 14.7. The van der Waals surface area contributed by atoms with Crippen molar-refractivity contribution in [1.82, 2.24) is 24.2 Å². The SMILES string of the molecule is CCC12CCC[C@H](NC1C)c1c(nn(-c3cc(C)c(F)c(C)c3)c1-n1ccn(-c3ccc4c(c3)N(C)C(=O)C4=O)c1=O)C2. The standard InChI is InChI=1S/C33H35FN6O3/c1-6-33-11-7-8-24(35-20(33)4)27-25(17-33)36-40(22-14-18(2)28(34)19(3)15-22)30(27)39-13-12-38(32(39)43)21-9-10-23-26(16-21)37(5)31(42)29(23)41/h9-10,12-16,20,24,35H,6-8,11,17H2,1-5H3/t20?,24-,33?/m0/s1. The van der Waals surface area contributed by atoms with Crippen LogP contribution in [0.3, 0.4) is 0 Å². The third-order valence-electron chi connectivity index (χ3n) is 10.1. The number of fused-ring (bicyclic) bond motifs is 6. The highest BCUT2D eigenvalue weighted by atomic mass is 19.1. The number of nitrogens with zero attached hydrogens (tertiary/aromatic N) is 5. The second-order valence-corrected chi connectivity index (χ2v) is 12.4. The number of carbonyl (C=O) groups excluding carboxylic acids is 2. The molecule has 0 spiro atoms. The summed E-state index contributed by atoms with van der Waals surface area (Å²) in [4.78, 5) is 40.1. The molecule has 5 heterocycles. The topological polar surface area (TPSA) is 94.2 Å². The van der Waals surface area contributed by atoms with Crippen LogP contribution in [-0.2, 0) is 11.2 Å². The summed E-state index contributed by atoms with van der Waals surface area (Å²) in [7, 11) is 1.55. The Labute approximate surface area is 248 Å². The van der Waals surface area contributed by atoms with Gasteiger partial charge in [0.2, 0.25) is 0 Å². The second-order valence-electron chi connectivity index (χ2n) is 12.4. The Hall–Kier alpha value is -4.31. The van der Waals surface area contributed by atoms with Gasteiger partial charge >= 0.3 is 5.69 Å². The Morgan fingerprint density at radius 3 is 2.49 bits per heavy atom. The predicted molar refractivity (Wildman–Crippen MR) is 161 cm³/mol. The number of hydrogen-bond donors (Lipinski definition) is 1. The number of hydrogen-bond acceptors (Lipinski definition) is 5. The average molecular weight is 583 g/mol. The van der Waals surface area contributed by atoms with Crippen LogP contribution in [-0.4, -0.2) is 43.7 Å². The van der Waals surface area contributed by atoms with Gasteiger partial charge in [-0.25, -0.2) is 13.9 Å². The monoisotopic (exact) mass is 582 g/mol. The van der Waals surface area contributed by atoms with E-state index in [9.17, 15) is 18.8 Å². The summed E-state index contributed by atoms with van der Waals surface area (Å²) in [5.41, 5.74) is 4.77. The van der Waals surface area contributed by atoms with Crippen molar-refractivity contribution in [3.05, 3.63) is 87.0 Å². The Kier molecular flexibility index (Phi) is 6.15. The molecule has 1 N–H and O–H groups in total. The van der Waals surface area contributed by atoms with Gasteiger partial charge in [-0.3, -0.25) is 18.7 Å². The number of carbonyl (C=O) groups is 2. The minimum Gasteiger partial charge on any atom is -0.308 e. The quantitative estimate of drug-likeness (QED) is 0.346. The number of Topliss-reactive ketones (excluding diaryl/α,β-unsaturated/α-hetero) is 1. The van der Waals surface area contributed by atoms with E-state index in [1.807, 2.05) is 0 Å². The fourth-order valence-electron chi connectivity index (χ4n) is 7.51. The summed E-state index contributed by atoms with van der Waals surface area (Å²) >= 11 is 0. The molecule has 0 radical (unpaired) electrons. The number of nitrogens with one attached hydrogen (secondary N) is 1. The lowest BCUT2D eigenvalue weighted by molar-refractivity contribution is -0.114. The van der Waals surface area contributed by atoms with Gasteiger partial charge in [-0.2, -0.15) is 5.10 Å². The number of ketones is 1. The van der Waals surface area contributed by atoms with Crippen LogP contribution in [0.1, 0.15) is 78.3 Å². The molecule has 1 amide bonds. The van der Waals surface area contributed by atoms with E-state index in [-0.39, 0.29) is 29.0 Å².